The van der Waals surface area contributed by atoms with Crippen molar-refractivity contribution in [3.8, 4) is 11.8 Å². The van der Waals surface area contributed by atoms with Crippen LogP contribution < -0.4 is 10.1 Å². The fourth-order valence-electron chi connectivity index (χ4n) is 2.72. The van der Waals surface area contributed by atoms with E-state index >= 15 is 0 Å². The van der Waals surface area contributed by atoms with Crippen LogP contribution in [-0.2, 0) is 0 Å². The zero-order valence-electron chi connectivity index (χ0n) is 12.3. The smallest absolute Gasteiger partial charge is 0.273 e. The molecule has 0 aliphatic heterocycles. The van der Waals surface area contributed by atoms with E-state index < -0.39 is 10.5 Å². The number of nitriles is 1. The number of nitrogens with zero attached hydrogens (tertiary/aromatic N) is 2. The Morgan fingerprint density at radius 2 is 2.33 bits per heavy atom. The van der Waals surface area contributed by atoms with Gasteiger partial charge in [-0.05, 0) is 44.9 Å². The fraction of sp³-hybridized carbons (Fsp3) is 0.533. The van der Waals surface area contributed by atoms with Crippen LogP contribution in [0.3, 0.4) is 0 Å². The Morgan fingerprint density at radius 1 is 1.57 bits per heavy atom. The summed E-state index contributed by atoms with van der Waals surface area (Å²) in [5.41, 5.74) is 0.321. The van der Waals surface area contributed by atoms with E-state index in [-0.39, 0.29) is 11.8 Å². The topological polar surface area (TPSA) is 88.2 Å². The first-order chi connectivity index (χ1) is 9.99. The molecule has 0 saturated heterocycles. The van der Waals surface area contributed by atoms with Crippen molar-refractivity contribution in [1.82, 2.24) is 5.32 Å². The van der Waals surface area contributed by atoms with Gasteiger partial charge in [-0.25, -0.2) is 0 Å². The van der Waals surface area contributed by atoms with E-state index in [1.54, 1.807) is 13.1 Å². The predicted molar refractivity (Wildman–Crippen MR) is 78.1 cm³/mol. The van der Waals surface area contributed by atoms with Crippen LogP contribution in [0.2, 0.25) is 0 Å². The molecule has 0 heterocycles. The molecule has 0 radical (unpaired) electrons. The van der Waals surface area contributed by atoms with Crippen molar-refractivity contribution in [1.29, 1.82) is 5.26 Å². The summed E-state index contributed by atoms with van der Waals surface area (Å²) >= 11 is 0. The third kappa shape index (κ3) is 3.31. The molecule has 1 aromatic rings. The summed E-state index contributed by atoms with van der Waals surface area (Å²) in [5.74, 6) is 0.527. The monoisotopic (exact) mass is 289 g/mol. The maximum absolute atomic E-state index is 10.8. The standard InChI is InChI=1S/C15H19N3O3/c1-11-5-6-12(18(19)20)8-14(11)21-13-4-3-7-15(9-13,10-16)17-2/h5-6,8,13,17H,3-4,7,9H2,1-2H3. The SMILES string of the molecule is CNC1(C#N)CCCC(Oc2cc([N+](=O)[O-])ccc2C)C1. The van der Waals surface area contributed by atoms with Gasteiger partial charge in [-0.15, -0.1) is 0 Å². The van der Waals surface area contributed by atoms with Crippen molar-refractivity contribution in [2.75, 3.05) is 7.05 Å². The van der Waals surface area contributed by atoms with Gasteiger partial charge in [-0.3, -0.25) is 10.1 Å². The molecule has 6 nitrogen and oxygen atoms in total. The number of ether oxygens (including phenoxy) is 1. The molecule has 0 bridgehead atoms. The molecule has 2 rings (SSSR count). The summed E-state index contributed by atoms with van der Waals surface area (Å²) in [6.45, 7) is 1.86. The van der Waals surface area contributed by atoms with Crippen LogP contribution in [0.1, 0.15) is 31.2 Å². The Kier molecular flexibility index (Phi) is 4.43. The second-order valence-electron chi connectivity index (χ2n) is 5.49. The van der Waals surface area contributed by atoms with Crippen molar-refractivity contribution in [2.45, 2.75) is 44.2 Å². The summed E-state index contributed by atoms with van der Waals surface area (Å²) in [7, 11) is 1.78. The minimum Gasteiger partial charge on any atom is -0.490 e. The average Bonchev–Trinajstić information content (AvgIpc) is 2.49. The molecular formula is C15H19N3O3. The number of nitrogens with one attached hydrogen (secondary N) is 1. The Balaban J connectivity index is 2.16. The molecule has 1 aromatic carbocycles. The van der Waals surface area contributed by atoms with Crippen LogP contribution in [0, 0.1) is 28.4 Å². The number of benzene rings is 1. The van der Waals surface area contributed by atoms with Crippen molar-refractivity contribution < 1.29 is 9.66 Å². The molecule has 0 aromatic heterocycles. The summed E-state index contributed by atoms with van der Waals surface area (Å²) in [6.07, 6.45) is 3.03. The third-order valence-electron chi connectivity index (χ3n) is 4.07. The third-order valence-corrected chi connectivity index (χ3v) is 4.07. The molecule has 2 atom stereocenters. The van der Waals surface area contributed by atoms with Crippen molar-refractivity contribution in [3.05, 3.63) is 33.9 Å². The normalized spacial score (nSPS) is 25.1. The molecule has 1 fully saturated rings. The van der Waals surface area contributed by atoms with E-state index in [0.29, 0.717) is 12.2 Å². The Hall–Kier alpha value is -2.13. The maximum Gasteiger partial charge on any atom is 0.273 e. The molecule has 0 amide bonds. The number of hydrogen-bond donors (Lipinski definition) is 1. The van der Waals surface area contributed by atoms with Crippen LogP contribution in [0.5, 0.6) is 5.75 Å². The molecule has 1 aliphatic rings. The number of hydrogen-bond acceptors (Lipinski definition) is 5. The number of rotatable bonds is 4. The average molecular weight is 289 g/mol. The first-order valence-electron chi connectivity index (χ1n) is 7.01. The van der Waals surface area contributed by atoms with Gasteiger partial charge in [0.15, 0.2) is 0 Å². The number of aryl methyl sites for hydroxylation is 1. The number of non-ortho nitro benzene ring substituents is 1. The first-order valence-corrected chi connectivity index (χ1v) is 7.01. The molecule has 6 heteroatoms. The summed E-state index contributed by atoms with van der Waals surface area (Å²) in [5, 5.41) is 23.3. The molecule has 1 saturated carbocycles. The van der Waals surface area contributed by atoms with Gasteiger partial charge in [-0.1, -0.05) is 0 Å². The predicted octanol–water partition coefficient (Wildman–Crippen LogP) is 2.71. The highest BCUT2D eigenvalue weighted by Gasteiger charge is 2.36. The van der Waals surface area contributed by atoms with Gasteiger partial charge in [-0.2, -0.15) is 5.26 Å². The minimum absolute atomic E-state index is 0.0200. The lowest BCUT2D eigenvalue weighted by Crippen LogP contribution is -2.48. The molecule has 0 spiro atoms. The summed E-state index contributed by atoms with van der Waals surface area (Å²) in [4.78, 5) is 10.4. The van der Waals surface area contributed by atoms with Gasteiger partial charge in [0.05, 0.1) is 17.1 Å². The van der Waals surface area contributed by atoms with E-state index in [1.165, 1.54) is 12.1 Å². The largest absolute Gasteiger partial charge is 0.490 e. The minimum atomic E-state index is -0.558. The second-order valence-corrected chi connectivity index (χ2v) is 5.49. The second kappa shape index (κ2) is 6.10. The summed E-state index contributed by atoms with van der Waals surface area (Å²) < 4.78 is 5.94. The van der Waals surface area contributed by atoms with Gasteiger partial charge >= 0.3 is 0 Å². The lowest BCUT2D eigenvalue weighted by Gasteiger charge is -2.35. The number of nitro groups is 1. The quantitative estimate of drug-likeness (QED) is 0.680. The van der Waals surface area contributed by atoms with Crippen LogP contribution >= 0.6 is 0 Å². The molecule has 112 valence electrons. The highest BCUT2D eigenvalue weighted by Crippen LogP contribution is 2.32. The summed E-state index contributed by atoms with van der Waals surface area (Å²) in [6, 6.07) is 6.94. The Labute approximate surface area is 123 Å². The van der Waals surface area contributed by atoms with Gasteiger partial charge in [0.2, 0.25) is 0 Å². The van der Waals surface area contributed by atoms with Crippen LogP contribution in [0.25, 0.3) is 0 Å². The molecule has 21 heavy (non-hydrogen) atoms. The van der Waals surface area contributed by atoms with Gasteiger partial charge in [0, 0.05) is 12.5 Å². The van der Waals surface area contributed by atoms with Gasteiger partial charge in [0.25, 0.3) is 5.69 Å². The highest BCUT2D eigenvalue weighted by molar-refractivity contribution is 5.43. The van der Waals surface area contributed by atoms with Crippen molar-refractivity contribution >= 4 is 5.69 Å². The Morgan fingerprint density at radius 3 is 2.95 bits per heavy atom. The highest BCUT2D eigenvalue weighted by atomic mass is 16.6. The van der Waals surface area contributed by atoms with Crippen LogP contribution in [0.4, 0.5) is 5.69 Å². The Bertz CT molecular complexity index is 582. The van der Waals surface area contributed by atoms with Crippen molar-refractivity contribution in [3.63, 3.8) is 0 Å². The van der Waals surface area contributed by atoms with Crippen molar-refractivity contribution in [2.24, 2.45) is 0 Å². The fourth-order valence-corrected chi connectivity index (χ4v) is 2.72. The van der Waals surface area contributed by atoms with E-state index in [4.69, 9.17) is 4.74 Å². The van der Waals surface area contributed by atoms with E-state index in [9.17, 15) is 15.4 Å². The van der Waals surface area contributed by atoms with E-state index in [2.05, 4.69) is 11.4 Å². The zero-order valence-corrected chi connectivity index (χ0v) is 12.3. The number of nitro benzene ring substituents is 1. The first kappa shape index (κ1) is 15.3. The molecule has 2 unspecified atom stereocenters. The lowest BCUT2D eigenvalue weighted by molar-refractivity contribution is -0.385. The van der Waals surface area contributed by atoms with E-state index in [1.807, 2.05) is 6.92 Å². The molecule has 1 N–H and O–H groups in total. The van der Waals surface area contributed by atoms with Gasteiger partial charge in [0.1, 0.15) is 17.4 Å². The maximum atomic E-state index is 10.8. The lowest BCUT2D eigenvalue weighted by atomic mass is 9.81. The van der Waals surface area contributed by atoms with Crippen LogP contribution in [-0.4, -0.2) is 23.6 Å². The van der Waals surface area contributed by atoms with Crippen LogP contribution in [0.15, 0.2) is 18.2 Å². The van der Waals surface area contributed by atoms with Gasteiger partial charge < -0.3 is 10.1 Å². The molecule has 1 aliphatic carbocycles. The van der Waals surface area contributed by atoms with E-state index in [0.717, 1.165) is 24.8 Å². The molecular weight excluding hydrogens is 270 g/mol. The zero-order chi connectivity index (χ0) is 15.5.